The second-order valence-corrected chi connectivity index (χ2v) is 6.31. The van der Waals surface area contributed by atoms with Gasteiger partial charge in [-0.3, -0.25) is 4.79 Å². The van der Waals surface area contributed by atoms with E-state index in [0.29, 0.717) is 5.02 Å². The summed E-state index contributed by atoms with van der Waals surface area (Å²) in [6.07, 6.45) is 1.44. The van der Waals surface area contributed by atoms with Gasteiger partial charge in [0.25, 0.3) is 0 Å². The molecule has 3 aromatic rings. The zero-order valence-corrected chi connectivity index (χ0v) is 14.7. The molecule has 0 aliphatic carbocycles. The molecular formula is C21H16ClNO3. The average Bonchev–Trinajstić information content (AvgIpc) is 2.61. The first-order valence-electron chi connectivity index (χ1n) is 7.95. The number of amides is 1. The van der Waals surface area contributed by atoms with E-state index >= 15 is 0 Å². The molecule has 2 N–H and O–H groups in total. The summed E-state index contributed by atoms with van der Waals surface area (Å²) in [5, 5.41) is 14.4. The minimum absolute atomic E-state index is 0.0143. The minimum atomic E-state index is -1.13. The molecule has 0 fully saturated rings. The van der Waals surface area contributed by atoms with Crippen LogP contribution in [0, 0.1) is 0 Å². The lowest BCUT2D eigenvalue weighted by Gasteiger charge is -2.08. The smallest absolute Gasteiger partial charge is 0.337 e. The molecule has 0 aromatic heterocycles. The van der Waals surface area contributed by atoms with Crippen LogP contribution < -0.4 is 5.32 Å². The molecule has 4 nitrogen and oxygen atoms in total. The first-order valence-corrected chi connectivity index (χ1v) is 8.33. The predicted molar refractivity (Wildman–Crippen MR) is 105 cm³/mol. The monoisotopic (exact) mass is 365 g/mol. The van der Waals surface area contributed by atoms with Gasteiger partial charge in [0.2, 0.25) is 5.91 Å². The highest BCUT2D eigenvalue weighted by atomic mass is 35.5. The van der Waals surface area contributed by atoms with E-state index in [-0.39, 0.29) is 11.3 Å². The van der Waals surface area contributed by atoms with E-state index < -0.39 is 11.9 Å². The van der Waals surface area contributed by atoms with Gasteiger partial charge >= 0.3 is 5.97 Å². The van der Waals surface area contributed by atoms with Gasteiger partial charge in [0.15, 0.2) is 0 Å². The number of hydrogen-bond donors (Lipinski definition) is 2. The van der Waals surface area contributed by atoms with Gasteiger partial charge in [0.1, 0.15) is 0 Å². The number of benzene rings is 3. The number of rotatable bonds is 4. The molecule has 0 aliphatic rings. The van der Waals surface area contributed by atoms with Crippen LogP contribution in [0.2, 0.25) is 5.02 Å². The number of carbonyl (C=O) groups excluding carboxylic acids is 1. The lowest BCUT2D eigenvalue weighted by atomic mass is 10.0. The number of carboxylic acid groups (broad SMARTS) is 1. The summed E-state index contributed by atoms with van der Waals surface area (Å²) in [4.78, 5) is 23.6. The molecule has 26 heavy (non-hydrogen) atoms. The topological polar surface area (TPSA) is 66.4 Å². The number of fused-ring (bicyclic) bond motifs is 1. The first-order chi connectivity index (χ1) is 12.4. The molecular weight excluding hydrogens is 350 g/mol. The Hall–Kier alpha value is -3.11. The number of carbonyl (C=O) groups is 2. The van der Waals surface area contributed by atoms with Crippen molar-refractivity contribution < 1.29 is 14.7 Å². The van der Waals surface area contributed by atoms with E-state index in [1.54, 1.807) is 0 Å². The highest BCUT2D eigenvalue weighted by Crippen LogP contribution is 2.23. The molecule has 0 unspecified atom stereocenters. The molecule has 0 bridgehead atoms. The van der Waals surface area contributed by atoms with Crippen LogP contribution in [-0.2, 0) is 4.79 Å². The van der Waals surface area contributed by atoms with E-state index in [9.17, 15) is 14.7 Å². The molecule has 130 valence electrons. The van der Waals surface area contributed by atoms with Crippen molar-refractivity contribution in [3.8, 4) is 0 Å². The summed E-state index contributed by atoms with van der Waals surface area (Å²) in [7, 11) is 0. The van der Waals surface area contributed by atoms with Crippen LogP contribution in [0.15, 0.2) is 66.7 Å². The van der Waals surface area contributed by atoms with Crippen molar-refractivity contribution in [3.63, 3.8) is 0 Å². The fourth-order valence-corrected chi connectivity index (χ4v) is 2.86. The molecule has 3 rings (SSSR count). The molecule has 0 atom stereocenters. The summed E-state index contributed by atoms with van der Waals surface area (Å²) < 4.78 is 0. The summed E-state index contributed by atoms with van der Waals surface area (Å²) in [5.41, 5.74) is 1.84. The average molecular weight is 366 g/mol. The van der Waals surface area contributed by atoms with Crippen molar-refractivity contribution in [1.29, 1.82) is 0 Å². The molecule has 0 heterocycles. The van der Waals surface area contributed by atoms with E-state index in [4.69, 9.17) is 11.6 Å². The maximum atomic E-state index is 12.3. The van der Waals surface area contributed by atoms with Gasteiger partial charge in [-0.05, 0) is 53.1 Å². The number of anilines is 1. The molecule has 3 aromatic carbocycles. The van der Waals surface area contributed by atoms with Crippen molar-refractivity contribution in [2.24, 2.45) is 0 Å². The maximum absolute atomic E-state index is 12.3. The number of halogens is 1. The predicted octanol–water partition coefficient (Wildman–Crippen LogP) is 5.23. The Balaban J connectivity index is 1.86. The maximum Gasteiger partial charge on any atom is 0.337 e. The molecule has 1 amide bonds. The molecule has 0 spiro atoms. The van der Waals surface area contributed by atoms with Crippen LogP contribution >= 0.6 is 11.6 Å². The van der Waals surface area contributed by atoms with E-state index in [1.165, 1.54) is 24.3 Å². The van der Waals surface area contributed by atoms with Crippen LogP contribution in [-0.4, -0.2) is 17.0 Å². The summed E-state index contributed by atoms with van der Waals surface area (Å²) in [6, 6.07) is 18.2. The second-order valence-electron chi connectivity index (χ2n) is 5.87. The van der Waals surface area contributed by atoms with Crippen molar-refractivity contribution in [3.05, 3.63) is 82.9 Å². The van der Waals surface area contributed by atoms with Crippen molar-refractivity contribution >= 4 is 45.5 Å². The Morgan fingerprint density at radius 3 is 2.46 bits per heavy atom. The standard InChI is InChI=1S/C21H16ClNO3/c1-13(15-7-6-14-4-2-3-5-16(14)11-15)10-20(24)23-19-12-17(22)8-9-18(19)21(25)26/h2-12H,1H3,(H,23,24)(H,25,26). The SMILES string of the molecule is CC(=CC(=O)Nc1cc(Cl)ccc1C(=O)O)c1ccc2ccccc2c1. The first kappa shape index (κ1) is 17.7. The second kappa shape index (κ2) is 7.42. The summed E-state index contributed by atoms with van der Waals surface area (Å²) in [5.74, 6) is -1.55. The van der Waals surface area contributed by atoms with E-state index in [2.05, 4.69) is 5.32 Å². The molecule has 0 saturated heterocycles. The lowest BCUT2D eigenvalue weighted by Crippen LogP contribution is -2.12. The highest BCUT2D eigenvalue weighted by molar-refractivity contribution is 6.31. The summed E-state index contributed by atoms with van der Waals surface area (Å²) >= 11 is 5.90. The zero-order chi connectivity index (χ0) is 18.7. The molecule has 0 saturated carbocycles. The fourth-order valence-electron chi connectivity index (χ4n) is 2.69. The Bertz CT molecular complexity index is 1040. The Morgan fingerprint density at radius 1 is 1.00 bits per heavy atom. The zero-order valence-electron chi connectivity index (χ0n) is 14.0. The highest BCUT2D eigenvalue weighted by Gasteiger charge is 2.12. The third kappa shape index (κ3) is 3.92. The van der Waals surface area contributed by atoms with Gasteiger partial charge < -0.3 is 10.4 Å². The Kier molecular flexibility index (Phi) is 5.05. The minimum Gasteiger partial charge on any atom is -0.478 e. The van der Waals surface area contributed by atoms with Crippen LogP contribution in [0.5, 0.6) is 0 Å². The van der Waals surface area contributed by atoms with E-state index in [0.717, 1.165) is 21.9 Å². The number of hydrogen-bond acceptors (Lipinski definition) is 2. The molecule has 0 aliphatic heterocycles. The summed E-state index contributed by atoms with van der Waals surface area (Å²) in [6.45, 7) is 1.83. The van der Waals surface area contributed by atoms with E-state index in [1.807, 2.05) is 49.4 Å². The van der Waals surface area contributed by atoms with Gasteiger partial charge in [0.05, 0.1) is 11.3 Å². The Labute approximate surface area is 155 Å². The fraction of sp³-hybridized carbons (Fsp3) is 0.0476. The normalized spacial score (nSPS) is 11.4. The van der Waals surface area contributed by atoms with Crippen molar-refractivity contribution in [2.45, 2.75) is 6.92 Å². The molecule has 0 radical (unpaired) electrons. The van der Waals surface area contributed by atoms with Crippen LogP contribution in [0.25, 0.3) is 16.3 Å². The number of aromatic carboxylic acids is 1. The third-order valence-corrected chi connectivity index (χ3v) is 4.26. The van der Waals surface area contributed by atoms with Crippen molar-refractivity contribution in [1.82, 2.24) is 0 Å². The van der Waals surface area contributed by atoms with Gasteiger partial charge in [-0.25, -0.2) is 4.79 Å². The molecule has 5 heteroatoms. The number of carboxylic acids is 1. The van der Waals surface area contributed by atoms with Gasteiger partial charge in [0, 0.05) is 11.1 Å². The van der Waals surface area contributed by atoms with Gasteiger partial charge in [-0.2, -0.15) is 0 Å². The van der Waals surface area contributed by atoms with Crippen LogP contribution in [0.1, 0.15) is 22.8 Å². The van der Waals surface area contributed by atoms with Crippen LogP contribution in [0.3, 0.4) is 0 Å². The van der Waals surface area contributed by atoms with Gasteiger partial charge in [-0.1, -0.05) is 48.0 Å². The van der Waals surface area contributed by atoms with Crippen LogP contribution in [0.4, 0.5) is 5.69 Å². The largest absolute Gasteiger partial charge is 0.478 e. The lowest BCUT2D eigenvalue weighted by molar-refractivity contribution is -0.111. The quantitative estimate of drug-likeness (QED) is 0.622. The number of allylic oxidation sites excluding steroid dienone is 1. The third-order valence-electron chi connectivity index (χ3n) is 4.02. The Morgan fingerprint density at radius 2 is 1.73 bits per heavy atom. The van der Waals surface area contributed by atoms with Gasteiger partial charge in [-0.15, -0.1) is 0 Å². The van der Waals surface area contributed by atoms with Crippen molar-refractivity contribution in [2.75, 3.05) is 5.32 Å². The number of nitrogens with one attached hydrogen (secondary N) is 1.